The molecule has 1 saturated carbocycles. The van der Waals surface area contributed by atoms with E-state index < -0.39 is 0 Å². The molecular weight excluding hydrogens is 244 g/mol. The van der Waals surface area contributed by atoms with Crippen LogP contribution in [-0.4, -0.2) is 22.6 Å². The Morgan fingerprint density at radius 2 is 1.89 bits per heavy atom. The van der Waals surface area contributed by atoms with Crippen LogP contribution in [0.1, 0.15) is 38.5 Å². The number of rotatable bonds is 2. The summed E-state index contributed by atoms with van der Waals surface area (Å²) in [6.45, 7) is 0.912. The molecule has 0 bridgehead atoms. The molecule has 1 atom stereocenters. The summed E-state index contributed by atoms with van der Waals surface area (Å²) in [7, 11) is 0. The number of hydrogen-bond donors (Lipinski definition) is 1. The van der Waals surface area contributed by atoms with Gasteiger partial charge in [0.05, 0.1) is 5.60 Å². The molecule has 1 heterocycles. The molecule has 0 amide bonds. The van der Waals surface area contributed by atoms with Crippen molar-refractivity contribution < 1.29 is 9.84 Å². The molecule has 1 aromatic rings. The van der Waals surface area contributed by atoms with E-state index in [1.807, 2.05) is 23.9 Å². The SMILES string of the molecule is Oc1ccc(SC2CCOC3(CCCC3)C2)cc1. The van der Waals surface area contributed by atoms with Crippen molar-refractivity contribution in [2.75, 3.05) is 6.61 Å². The first kappa shape index (κ1) is 12.4. The Labute approximate surface area is 113 Å². The molecule has 98 valence electrons. The molecule has 18 heavy (non-hydrogen) atoms. The van der Waals surface area contributed by atoms with E-state index in [0.717, 1.165) is 13.0 Å². The Morgan fingerprint density at radius 1 is 1.17 bits per heavy atom. The molecular formula is C15H20O2S. The van der Waals surface area contributed by atoms with Gasteiger partial charge >= 0.3 is 0 Å². The second-order valence-corrected chi connectivity index (χ2v) is 6.84. The second kappa shape index (κ2) is 5.14. The summed E-state index contributed by atoms with van der Waals surface area (Å²) in [4.78, 5) is 1.26. The quantitative estimate of drug-likeness (QED) is 0.876. The number of benzene rings is 1. The van der Waals surface area contributed by atoms with Gasteiger partial charge in [0.25, 0.3) is 0 Å². The lowest BCUT2D eigenvalue weighted by atomic mass is 9.92. The number of aromatic hydroxyl groups is 1. The van der Waals surface area contributed by atoms with Crippen LogP contribution in [0.4, 0.5) is 0 Å². The van der Waals surface area contributed by atoms with Gasteiger partial charge in [-0.1, -0.05) is 12.8 Å². The van der Waals surface area contributed by atoms with Crippen LogP contribution >= 0.6 is 11.8 Å². The molecule has 1 aromatic carbocycles. The minimum Gasteiger partial charge on any atom is -0.508 e. The molecule has 1 saturated heterocycles. The maximum atomic E-state index is 9.30. The lowest BCUT2D eigenvalue weighted by Crippen LogP contribution is -2.38. The fourth-order valence-corrected chi connectivity index (χ4v) is 4.45. The monoisotopic (exact) mass is 264 g/mol. The van der Waals surface area contributed by atoms with Gasteiger partial charge in [-0.25, -0.2) is 0 Å². The van der Waals surface area contributed by atoms with Crippen LogP contribution in [0.5, 0.6) is 5.75 Å². The van der Waals surface area contributed by atoms with Crippen molar-refractivity contribution in [3.8, 4) is 5.75 Å². The van der Waals surface area contributed by atoms with Gasteiger partial charge in [-0.3, -0.25) is 0 Å². The van der Waals surface area contributed by atoms with Crippen molar-refractivity contribution in [2.45, 2.75) is 54.3 Å². The zero-order valence-corrected chi connectivity index (χ0v) is 11.4. The molecule has 3 heteroatoms. The normalized spacial score (nSPS) is 26.6. The first-order chi connectivity index (χ1) is 8.76. The van der Waals surface area contributed by atoms with Crippen LogP contribution in [0.3, 0.4) is 0 Å². The van der Waals surface area contributed by atoms with Crippen LogP contribution in [-0.2, 0) is 4.74 Å². The van der Waals surface area contributed by atoms with Crippen molar-refractivity contribution in [3.63, 3.8) is 0 Å². The number of phenols is 1. The molecule has 0 aromatic heterocycles. The fraction of sp³-hybridized carbons (Fsp3) is 0.600. The van der Waals surface area contributed by atoms with E-state index in [2.05, 4.69) is 0 Å². The van der Waals surface area contributed by atoms with E-state index in [0.29, 0.717) is 11.0 Å². The largest absolute Gasteiger partial charge is 0.508 e. The van der Waals surface area contributed by atoms with E-state index in [-0.39, 0.29) is 5.60 Å². The first-order valence-electron chi connectivity index (χ1n) is 6.85. The molecule has 1 N–H and O–H groups in total. The van der Waals surface area contributed by atoms with Crippen LogP contribution in [0.25, 0.3) is 0 Å². The summed E-state index contributed by atoms with van der Waals surface area (Å²) in [6.07, 6.45) is 7.50. The Morgan fingerprint density at radius 3 is 2.61 bits per heavy atom. The zero-order valence-electron chi connectivity index (χ0n) is 10.6. The molecule has 1 spiro atoms. The van der Waals surface area contributed by atoms with E-state index >= 15 is 0 Å². The summed E-state index contributed by atoms with van der Waals surface area (Å²) >= 11 is 1.94. The summed E-state index contributed by atoms with van der Waals surface area (Å²) in [5.74, 6) is 0.346. The number of hydrogen-bond acceptors (Lipinski definition) is 3. The lowest BCUT2D eigenvalue weighted by Gasteiger charge is -2.38. The van der Waals surface area contributed by atoms with Gasteiger partial charge in [-0.2, -0.15) is 0 Å². The van der Waals surface area contributed by atoms with Crippen LogP contribution in [0, 0.1) is 0 Å². The number of phenolic OH excluding ortho intramolecular Hbond substituents is 1. The highest BCUT2D eigenvalue weighted by Gasteiger charge is 2.40. The van der Waals surface area contributed by atoms with E-state index in [4.69, 9.17) is 4.74 Å². The van der Waals surface area contributed by atoms with Gasteiger partial charge in [0.1, 0.15) is 5.75 Å². The van der Waals surface area contributed by atoms with Gasteiger partial charge in [0, 0.05) is 16.8 Å². The average molecular weight is 264 g/mol. The van der Waals surface area contributed by atoms with Gasteiger partial charge in [-0.05, 0) is 49.9 Å². The highest BCUT2D eigenvalue weighted by molar-refractivity contribution is 8.00. The average Bonchev–Trinajstić information content (AvgIpc) is 2.80. The van der Waals surface area contributed by atoms with E-state index in [1.54, 1.807) is 12.1 Å². The maximum Gasteiger partial charge on any atom is 0.115 e. The predicted octanol–water partition coefficient (Wildman–Crippen LogP) is 3.98. The third-order valence-corrected chi connectivity index (χ3v) is 5.38. The van der Waals surface area contributed by atoms with Crippen LogP contribution in [0.2, 0.25) is 0 Å². The Kier molecular flexibility index (Phi) is 3.53. The smallest absolute Gasteiger partial charge is 0.115 e. The van der Waals surface area contributed by atoms with Crippen molar-refractivity contribution in [1.29, 1.82) is 0 Å². The standard InChI is InChI=1S/C15H20O2S/c16-12-3-5-13(6-4-12)18-14-7-10-17-15(11-14)8-1-2-9-15/h3-6,14,16H,1-2,7-11H2. The molecule has 3 rings (SSSR count). The summed E-state index contributed by atoms with van der Waals surface area (Å²) < 4.78 is 6.06. The highest BCUT2D eigenvalue weighted by atomic mass is 32.2. The van der Waals surface area contributed by atoms with Crippen molar-refractivity contribution in [1.82, 2.24) is 0 Å². The Hall–Kier alpha value is -0.670. The third-order valence-electron chi connectivity index (χ3n) is 4.10. The summed E-state index contributed by atoms with van der Waals surface area (Å²) in [5.41, 5.74) is 0.201. The molecule has 1 aliphatic carbocycles. The Bertz CT molecular complexity index is 395. The third kappa shape index (κ3) is 2.67. The molecule has 2 fully saturated rings. The highest BCUT2D eigenvalue weighted by Crippen LogP contribution is 2.44. The first-order valence-corrected chi connectivity index (χ1v) is 7.73. The van der Waals surface area contributed by atoms with Crippen LogP contribution in [0.15, 0.2) is 29.2 Å². The molecule has 2 aliphatic rings. The maximum absolute atomic E-state index is 9.30. The van der Waals surface area contributed by atoms with Crippen molar-refractivity contribution in [3.05, 3.63) is 24.3 Å². The van der Waals surface area contributed by atoms with Crippen molar-refractivity contribution >= 4 is 11.8 Å². The predicted molar refractivity (Wildman–Crippen MR) is 74.1 cm³/mol. The minimum atomic E-state index is 0.201. The van der Waals surface area contributed by atoms with Gasteiger partial charge in [0.15, 0.2) is 0 Å². The molecule has 1 aliphatic heterocycles. The summed E-state index contributed by atoms with van der Waals surface area (Å²) in [5, 5.41) is 9.97. The Balaban J connectivity index is 1.64. The topological polar surface area (TPSA) is 29.5 Å². The lowest BCUT2D eigenvalue weighted by molar-refractivity contribution is -0.0704. The molecule has 2 nitrogen and oxygen atoms in total. The second-order valence-electron chi connectivity index (χ2n) is 5.47. The minimum absolute atomic E-state index is 0.201. The zero-order chi connectivity index (χ0) is 12.4. The molecule has 0 radical (unpaired) electrons. The number of thioether (sulfide) groups is 1. The van der Waals surface area contributed by atoms with E-state index in [1.165, 1.54) is 37.0 Å². The van der Waals surface area contributed by atoms with Gasteiger partial charge in [0.2, 0.25) is 0 Å². The van der Waals surface area contributed by atoms with Crippen molar-refractivity contribution in [2.24, 2.45) is 0 Å². The van der Waals surface area contributed by atoms with Crippen LogP contribution < -0.4 is 0 Å². The summed E-state index contributed by atoms with van der Waals surface area (Å²) in [6, 6.07) is 7.56. The van der Waals surface area contributed by atoms with Gasteiger partial charge < -0.3 is 9.84 Å². The van der Waals surface area contributed by atoms with E-state index in [9.17, 15) is 5.11 Å². The fourth-order valence-electron chi connectivity index (χ4n) is 3.17. The molecule has 1 unspecified atom stereocenters. The van der Waals surface area contributed by atoms with Gasteiger partial charge in [-0.15, -0.1) is 11.8 Å². The number of ether oxygens (including phenoxy) is 1.